The molecule has 1 amide bonds. The molecule has 1 saturated carbocycles. The van der Waals surface area contributed by atoms with Crippen LogP contribution in [0, 0.1) is 11.8 Å². The number of aliphatic carboxylic acids is 1. The normalized spacial score (nSPS) is 25.5. The number of carboxylic acid groups (broad SMARTS) is 1. The topological polar surface area (TPSA) is 57.6 Å². The quantitative estimate of drug-likeness (QED) is 0.788. The number of amides is 1. The molecule has 0 bridgehead atoms. The summed E-state index contributed by atoms with van der Waals surface area (Å²) in [6, 6.07) is 0. The van der Waals surface area contributed by atoms with E-state index in [1.807, 2.05) is 4.90 Å². The van der Waals surface area contributed by atoms with Gasteiger partial charge in [0.1, 0.15) is 0 Å². The summed E-state index contributed by atoms with van der Waals surface area (Å²) in [6.07, 6.45) is 5.21. The Labute approximate surface area is 95.6 Å². The van der Waals surface area contributed by atoms with E-state index in [0.29, 0.717) is 18.2 Å². The molecule has 2 aliphatic rings. The van der Waals surface area contributed by atoms with Crippen molar-refractivity contribution in [3.63, 3.8) is 0 Å². The minimum atomic E-state index is -0.733. The molecule has 0 spiro atoms. The van der Waals surface area contributed by atoms with Gasteiger partial charge in [0.25, 0.3) is 0 Å². The van der Waals surface area contributed by atoms with Gasteiger partial charge in [-0.2, -0.15) is 0 Å². The summed E-state index contributed by atoms with van der Waals surface area (Å²) in [7, 11) is 0. The molecule has 2 rings (SSSR count). The maximum atomic E-state index is 11.9. The Morgan fingerprint density at radius 3 is 2.56 bits per heavy atom. The number of nitrogens with zero attached hydrogens (tertiary/aromatic N) is 1. The zero-order valence-corrected chi connectivity index (χ0v) is 9.52. The average molecular weight is 225 g/mol. The van der Waals surface area contributed by atoms with Crippen molar-refractivity contribution in [3.05, 3.63) is 0 Å². The predicted molar refractivity (Wildman–Crippen MR) is 58.9 cm³/mol. The van der Waals surface area contributed by atoms with E-state index in [-0.39, 0.29) is 12.3 Å². The summed E-state index contributed by atoms with van der Waals surface area (Å²) >= 11 is 0. The van der Waals surface area contributed by atoms with Crippen molar-refractivity contribution in [2.75, 3.05) is 13.1 Å². The molecule has 1 aliphatic heterocycles. The summed E-state index contributed by atoms with van der Waals surface area (Å²) in [6.45, 7) is 1.61. The predicted octanol–water partition coefficient (Wildman–Crippen LogP) is 1.50. The van der Waals surface area contributed by atoms with Gasteiger partial charge in [-0.25, -0.2) is 0 Å². The molecule has 1 atom stereocenters. The fourth-order valence-corrected chi connectivity index (χ4v) is 2.51. The summed E-state index contributed by atoms with van der Waals surface area (Å²) in [5, 5.41) is 8.60. The zero-order valence-electron chi connectivity index (χ0n) is 9.52. The molecule has 1 N–H and O–H groups in total. The van der Waals surface area contributed by atoms with Crippen molar-refractivity contribution in [3.8, 4) is 0 Å². The van der Waals surface area contributed by atoms with Crippen LogP contribution in [0.3, 0.4) is 0 Å². The van der Waals surface area contributed by atoms with Gasteiger partial charge in [-0.15, -0.1) is 0 Å². The lowest BCUT2D eigenvalue weighted by Crippen LogP contribution is -2.37. The Balaban J connectivity index is 1.74. The van der Waals surface area contributed by atoms with E-state index in [2.05, 4.69) is 0 Å². The van der Waals surface area contributed by atoms with Crippen molar-refractivity contribution in [1.29, 1.82) is 0 Å². The van der Waals surface area contributed by atoms with Gasteiger partial charge in [0, 0.05) is 25.4 Å². The van der Waals surface area contributed by atoms with Crippen LogP contribution in [0.2, 0.25) is 0 Å². The maximum Gasteiger partial charge on any atom is 0.303 e. The Morgan fingerprint density at radius 1 is 1.25 bits per heavy atom. The summed E-state index contributed by atoms with van der Waals surface area (Å²) < 4.78 is 0. The van der Waals surface area contributed by atoms with E-state index in [0.717, 1.165) is 32.4 Å². The van der Waals surface area contributed by atoms with E-state index in [4.69, 9.17) is 5.11 Å². The number of likely N-dealkylation sites (tertiary alicyclic amines) is 1. The number of carboxylic acids is 1. The highest BCUT2D eigenvalue weighted by Gasteiger charge is 2.33. The lowest BCUT2D eigenvalue weighted by molar-refractivity contribution is -0.137. The molecule has 0 radical (unpaired) electrons. The van der Waals surface area contributed by atoms with Crippen LogP contribution >= 0.6 is 0 Å². The second kappa shape index (κ2) is 4.85. The molecule has 4 nitrogen and oxygen atoms in total. The van der Waals surface area contributed by atoms with E-state index in [1.54, 1.807) is 0 Å². The first-order chi connectivity index (χ1) is 7.66. The molecule has 16 heavy (non-hydrogen) atoms. The van der Waals surface area contributed by atoms with Crippen LogP contribution in [0.25, 0.3) is 0 Å². The van der Waals surface area contributed by atoms with E-state index in [1.165, 1.54) is 6.42 Å². The van der Waals surface area contributed by atoms with Gasteiger partial charge in [-0.1, -0.05) is 6.42 Å². The maximum absolute atomic E-state index is 11.9. The van der Waals surface area contributed by atoms with Crippen LogP contribution in [-0.4, -0.2) is 35.0 Å². The zero-order chi connectivity index (χ0) is 11.5. The van der Waals surface area contributed by atoms with Crippen molar-refractivity contribution >= 4 is 11.9 Å². The van der Waals surface area contributed by atoms with Crippen molar-refractivity contribution in [1.82, 2.24) is 4.90 Å². The highest BCUT2D eigenvalue weighted by Crippen LogP contribution is 2.31. The van der Waals surface area contributed by atoms with Crippen LogP contribution in [0.1, 0.15) is 38.5 Å². The highest BCUT2D eigenvalue weighted by atomic mass is 16.4. The van der Waals surface area contributed by atoms with Crippen molar-refractivity contribution in [2.45, 2.75) is 38.5 Å². The van der Waals surface area contributed by atoms with Crippen LogP contribution in [-0.2, 0) is 9.59 Å². The Kier molecular flexibility index (Phi) is 3.46. The standard InChI is InChI=1S/C12H19NO3/c14-11(15)5-4-9-6-7-13(8-9)12(16)10-2-1-3-10/h9-10H,1-8H2,(H,14,15). The fraction of sp³-hybridized carbons (Fsp3) is 0.833. The molecule has 0 aromatic rings. The third kappa shape index (κ3) is 2.54. The van der Waals surface area contributed by atoms with Crippen LogP contribution in [0.4, 0.5) is 0 Å². The number of carbonyl (C=O) groups excluding carboxylic acids is 1. The third-order valence-corrected chi connectivity index (χ3v) is 3.82. The second-order valence-corrected chi connectivity index (χ2v) is 5.00. The third-order valence-electron chi connectivity index (χ3n) is 3.82. The molecule has 1 aliphatic carbocycles. The molecule has 1 heterocycles. The SMILES string of the molecule is O=C(O)CCC1CCN(C(=O)C2CCC2)C1. The average Bonchev–Trinajstić information content (AvgIpc) is 2.60. The lowest BCUT2D eigenvalue weighted by Gasteiger charge is -2.29. The minimum Gasteiger partial charge on any atom is -0.481 e. The molecule has 4 heteroatoms. The Hall–Kier alpha value is -1.06. The largest absolute Gasteiger partial charge is 0.481 e. The van der Waals surface area contributed by atoms with E-state index < -0.39 is 5.97 Å². The molecular formula is C12H19NO3. The fourth-order valence-electron chi connectivity index (χ4n) is 2.51. The molecule has 0 aromatic heterocycles. The number of carbonyl (C=O) groups is 2. The summed E-state index contributed by atoms with van der Waals surface area (Å²) in [5.74, 6) is 0.256. The van der Waals surface area contributed by atoms with Gasteiger partial charge < -0.3 is 10.0 Å². The Bertz CT molecular complexity index is 286. The molecule has 0 aromatic carbocycles. The van der Waals surface area contributed by atoms with Gasteiger partial charge in [0.05, 0.1) is 0 Å². The van der Waals surface area contributed by atoms with Gasteiger partial charge >= 0.3 is 5.97 Å². The van der Waals surface area contributed by atoms with E-state index in [9.17, 15) is 9.59 Å². The smallest absolute Gasteiger partial charge is 0.303 e. The number of rotatable bonds is 4. The van der Waals surface area contributed by atoms with Crippen LogP contribution in [0.15, 0.2) is 0 Å². The number of hydrogen-bond donors (Lipinski definition) is 1. The molecule has 1 unspecified atom stereocenters. The van der Waals surface area contributed by atoms with Gasteiger partial charge in [0.15, 0.2) is 0 Å². The second-order valence-electron chi connectivity index (χ2n) is 5.00. The van der Waals surface area contributed by atoms with Crippen molar-refractivity contribution < 1.29 is 14.7 Å². The van der Waals surface area contributed by atoms with Crippen LogP contribution in [0.5, 0.6) is 0 Å². The van der Waals surface area contributed by atoms with Gasteiger partial charge in [-0.3, -0.25) is 9.59 Å². The van der Waals surface area contributed by atoms with Crippen molar-refractivity contribution in [2.24, 2.45) is 11.8 Å². The van der Waals surface area contributed by atoms with E-state index >= 15 is 0 Å². The first-order valence-corrected chi connectivity index (χ1v) is 6.17. The molecular weight excluding hydrogens is 206 g/mol. The van der Waals surface area contributed by atoms with Gasteiger partial charge in [-0.05, 0) is 31.6 Å². The van der Waals surface area contributed by atoms with Crippen LogP contribution < -0.4 is 0 Å². The van der Waals surface area contributed by atoms with Gasteiger partial charge in [0.2, 0.25) is 5.91 Å². The monoisotopic (exact) mass is 225 g/mol. The molecule has 1 saturated heterocycles. The summed E-state index contributed by atoms with van der Waals surface area (Å²) in [4.78, 5) is 24.3. The first kappa shape index (κ1) is 11.4. The lowest BCUT2D eigenvalue weighted by atomic mass is 9.84. The molecule has 2 fully saturated rings. The summed E-state index contributed by atoms with van der Waals surface area (Å²) in [5.41, 5.74) is 0. The molecule has 90 valence electrons. The minimum absolute atomic E-state index is 0.232. The highest BCUT2D eigenvalue weighted by molar-refractivity contribution is 5.79. The Morgan fingerprint density at radius 2 is 2.00 bits per heavy atom. The first-order valence-electron chi connectivity index (χ1n) is 6.17. The number of hydrogen-bond acceptors (Lipinski definition) is 2.